The van der Waals surface area contributed by atoms with Crippen LogP contribution in [0.25, 0.3) is 22.0 Å². The van der Waals surface area contributed by atoms with E-state index in [4.69, 9.17) is 14.2 Å². The summed E-state index contributed by atoms with van der Waals surface area (Å²) in [5.74, 6) is 0.723. The van der Waals surface area contributed by atoms with Gasteiger partial charge in [0.05, 0.1) is 12.1 Å². The van der Waals surface area contributed by atoms with Gasteiger partial charge in [-0.25, -0.2) is 8.42 Å². The largest absolute Gasteiger partial charge is 0.377 e. The van der Waals surface area contributed by atoms with Gasteiger partial charge in [-0.1, -0.05) is 37.2 Å². The summed E-state index contributed by atoms with van der Waals surface area (Å²) in [6.07, 6.45) is 1.96. The van der Waals surface area contributed by atoms with Gasteiger partial charge in [0, 0.05) is 51.4 Å². The van der Waals surface area contributed by atoms with Crippen molar-refractivity contribution in [3.63, 3.8) is 0 Å². The van der Waals surface area contributed by atoms with Crippen LogP contribution in [0.4, 0.5) is 5.82 Å². The van der Waals surface area contributed by atoms with Crippen LogP contribution in [-0.4, -0.2) is 30.1 Å². The maximum absolute atomic E-state index is 13.6. The molecule has 0 bridgehead atoms. The van der Waals surface area contributed by atoms with Crippen molar-refractivity contribution in [3.8, 4) is 11.1 Å². The minimum atomic E-state index is -3.96. The molecule has 0 fully saturated rings. The fourth-order valence-corrected chi connectivity index (χ4v) is 7.79. The minimum Gasteiger partial charge on any atom is -0.377 e. The molecule has 0 spiro atoms. The first kappa shape index (κ1) is 30.7. The van der Waals surface area contributed by atoms with Crippen LogP contribution in [0.5, 0.6) is 0 Å². The van der Waals surface area contributed by atoms with Crippen molar-refractivity contribution >= 4 is 38.1 Å². The number of nitrogens with zero attached hydrogens (tertiary/aromatic N) is 2. The van der Waals surface area contributed by atoms with Crippen molar-refractivity contribution in [1.82, 2.24) is 15.1 Å². The molecule has 2 N–H and O–H groups in total. The number of benzene rings is 1. The van der Waals surface area contributed by atoms with E-state index >= 15 is 0 Å². The number of sulfonamides is 1. The molecule has 0 unspecified atom stereocenters. The molecule has 0 aliphatic heterocycles. The first-order valence-corrected chi connectivity index (χ1v) is 16.6. The first-order valence-electron chi connectivity index (χ1n) is 14.3. The Balaban J connectivity index is 1.54. The molecule has 4 heterocycles. The van der Waals surface area contributed by atoms with Gasteiger partial charge >= 0.3 is 0 Å². The molecule has 9 nitrogen and oxygen atoms in total. The lowest BCUT2D eigenvalue weighted by Gasteiger charge is -2.14. The van der Waals surface area contributed by atoms with Crippen LogP contribution in [0, 0.1) is 20.8 Å². The predicted octanol–water partition coefficient (Wildman–Crippen LogP) is 6.62. The first-order chi connectivity index (χ1) is 20.5. The molecule has 0 saturated carbocycles. The third-order valence-electron chi connectivity index (χ3n) is 7.52. The van der Waals surface area contributed by atoms with Crippen LogP contribution >= 0.6 is 11.3 Å². The zero-order valence-electron chi connectivity index (χ0n) is 25.3. The predicted molar refractivity (Wildman–Crippen MR) is 171 cm³/mol. The number of pyridine rings is 2. The van der Waals surface area contributed by atoms with Crippen LogP contribution in [-0.2, 0) is 40.6 Å². The quantitative estimate of drug-likeness (QED) is 0.170. The van der Waals surface area contributed by atoms with Crippen molar-refractivity contribution in [2.45, 2.75) is 71.6 Å². The summed E-state index contributed by atoms with van der Waals surface area (Å²) in [5, 5.41) is 4.83. The molecule has 11 heteroatoms. The Bertz CT molecular complexity index is 1970. The summed E-state index contributed by atoms with van der Waals surface area (Å²) in [4.78, 5) is 21.8. The van der Waals surface area contributed by atoms with Gasteiger partial charge in [0.15, 0.2) is 5.82 Å². The second kappa shape index (κ2) is 12.4. The molecule has 4 aromatic heterocycles. The lowest BCUT2D eigenvalue weighted by molar-refractivity contribution is 0.134. The second-order valence-electron chi connectivity index (χ2n) is 10.5. The fourth-order valence-electron chi connectivity index (χ4n) is 5.09. The summed E-state index contributed by atoms with van der Waals surface area (Å²) < 4.78 is 40.9. The van der Waals surface area contributed by atoms with E-state index in [0.717, 1.165) is 56.7 Å². The van der Waals surface area contributed by atoms with Crippen molar-refractivity contribution in [3.05, 3.63) is 91.0 Å². The Morgan fingerprint density at radius 2 is 1.79 bits per heavy atom. The van der Waals surface area contributed by atoms with E-state index in [2.05, 4.69) is 21.8 Å². The molecule has 0 aliphatic carbocycles. The number of ether oxygens (including phenoxy) is 1. The molecule has 1 aromatic carbocycles. The Kier molecular flexibility index (Phi) is 8.86. The fraction of sp³-hybridized carbons (Fsp3) is 0.344. The molecule has 5 rings (SSSR count). The second-order valence-corrected chi connectivity index (χ2v) is 13.7. The third kappa shape index (κ3) is 6.29. The number of fused-ring (bicyclic) bond motifs is 1. The van der Waals surface area contributed by atoms with Gasteiger partial charge in [-0.15, -0.1) is 11.3 Å². The molecule has 0 atom stereocenters. The number of hydrogen-bond donors (Lipinski definition) is 2. The summed E-state index contributed by atoms with van der Waals surface area (Å²) >= 11 is 1.20. The lowest BCUT2D eigenvalue weighted by Crippen LogP contribution is -2.14. The molecule has 0 amide bonds. The number of aromatic amines is 1. The number of hydrogen-bond acceptors (Lipinski definition) is 8. The van der Waals surface area contributed by atoms with E-state index < -0.39 is 10.0 Å². The van der Waals surface area contributed by atoms with Gasteiger partial charge in [-0.3, -0.25) is 14.5 Å². The average molecular weight is 621 g/mol. The van der Waals surface area contributed by atoms with Gasteiger partial charge in [-0.2, -0.15) is 0 Å². The monoisotopic (exact) mass is 620 g/mol. The standard InChI is InChI=1S/C32H36N4O5S2/c1-7-24-16-29-27(28(8-2)33-24)15-22(31(37)34-29)13-21-10-11-25(23(14-21)17-40-9-3)26-12-18(4)42-32(26)43(38,39)36-30-19(5)20(6)41-35-30/h10-12,14-16H,7-9,13,17H2,1-6H3,(H,34,37)(H,35,36). The van der Waals surface area contributed by atoms with Crippen LogP contribution in [0.2, 0.25) is 0 Å². The Labute approximate surface area is 255 Å². The Morgan fingerprint density at radius 1 is 1.00 bits per heavy atom. The van der Waals surface area contributed by atoms with Gasteiger partial charge < -0.3 is 14.2 Å². The zero-order chi connectivity index (χ0) is 30.9. The Hall–Kier alpha value is -3.80. The number of aryl methyl sites for hydroxylation is 4. The number of thiophene rings is 1. The minimum absolute atomic E-state index is 0.135. The highest BCUT2D eigenvalue weighted by molar-refractivity contribution is 7.94. The van der Waals surface area contributed by atoms with Gasteiger partial charge in [-0.05, 0) is 75.4 Å². The molecule has 226 valence electrons. The van der Waals surface area contributed by atoms with E-state index in [1.807, 2.05) is 57.2 Å². The van der Waals surface area contributed by atoms with Crippen LogP contribution in [0.15, 0.2) is 49.9 Å². The number of rotatable bonds is 11. The van der Waals surface area contributed by atoms with E-state index in [1.165, 1.54) is 11.3 Å². The van der Waals surface area contributed by atoms with Gasteiger partial charge in [0.2, 0.25) is 0 Å². The summed E-state index contributed by atoms with van der Waals surface area (Å²) in [6, 6.07) is 11.6. The van der Waals surface area contributed by atoms with E-state index in [1.54, 1.807) is 13.8 Å². The van der Waals surface area contributed by atoms with Crippen LogP contribution in [0.1, 0.15) is 65.1 Å². The normalized spacial score (nSPS) is 11.9. The molecular formula is C32H36N4O5S2. The van der Waals surface area contributed by atoms with E-state index in [9.17, 15) is 13.2 Å². The number of nitrogens with one attached hydrogen (secondary N) is 2. The maximum atomic E-state index is 13.6. The molecule has 5 aromatic rings. The van der Waals surface area contributed by atoms with Crippen molar-refractivity contribution in [1.29, 1.82) is 0 Å². The van der Waals surface area contributed by atoms with E-state index in [-0.39, 0.29) is 15.6 Å². The smallest absolute Gasteiger partial charge is 0.273 e. The van der Waals surface area contributed by atoms with E-state index in [0.29, 0.717) is 42.1 Å². The van der Waals surface area contributed by atoms with Gasteiger partial charge in [0.25, 0.3) is 15.6 Å². The molecular weight excluding hydrogens is 585 g/mol. The third-order valence-corrected chi connectivity index (χ3v) is 10.4. The molecule has 0 saturated heterocycles. The summed E-state index contributed by atoms with van der Waals surface area (Å²) in [5.41, 5.74) is 6.96. The number of aromatic nitrogens is 3. The SMILES string of the molecule is CCOCc1cc(Cc2cc3c(CC)nc(CC)cc3[nH]c2=O)ccc1-c1cc(C)sc1S(=O)(=O)Nc1noc(C)c1C. The average Bonchev–Trinajstić information content (AvgIpc) is 3.53. The van der Waals surface area contributed by atoms with Crippen molar-refractivity contribution in [2.75, 3.05) is 11.3 Å². The molecule has 0 radical (unpaired) electrons. The molecule has 0 aliphatic rings. The highest BCUT2D eigenvalue weighted by Crippen LogP contribution is 2.38. The summed E-state index contributed by atoms with van der Waals surface area (Å²) in [7, 11) is -3.96. The Morgan fingerprint density at radius 3 is 2.47 bits per heavy atom. The topological polar surface area (TPSA) is 127 Å². The summed E-state index contributed by atoms with van der Waals surface area (Å²) in [6.45, 7) is 12.2. The van der Waals surface area contributed by atoms with Crippen LogP contribution < -0.4 is 10.3 Å². The zero-order valence-corrected chi connectivity index (χ0v) is 26.9. The highest BCUT2D eigenvalue weighted by Gasteiger charge is 2.26. The van der Waals surface area contributed by atoms with Gasteiger partial charge in [0.1, 0.15) is 9.97 Å². The molecule has 43 heavy (non-hydrogen) atoms. The van der Waals surface area contributed by atoms with Crippen LogP contribution in [0.3, 0.4) is 0 Å². The van der Waals surface area contributed by atoms with Crippen molar-refractivity contribution < 1.29 is 17.7 Å². The van der Waals surface area contributed by atoms with Crippen molar-refractivity contribution in [2.24, 2.45) is 0 Å². The highest BCUT2D eigenvalue weighted by atomic mass is 32.2. The number of H-pyrrole nitrogens is 1. The lowest BCUT2D eigenvalue weighted by atomic mass is 9.96. The number of anilines is 1. The maximum Gasteiger partial charge on any atom is 0.273 e.